The Labute approximate surface area is 220 Å². The van der Waals surface area contributed by atoms with E-state index >= 15 is 0 Å². The number of pyridine rings is 1. The Kier molecular flexibility index (Phi) is 5.00. The highest BCUT2D eigenvalue weighted by Crippen LogP contribution is 2.64. The molecule has 4 aromatic rings. The van der Waals surface area contributed by atoms with E-state index in [1.165, 1.54) is 38.6 Å². The molecule has 0 bridgehead atoms. The molecule has 37 heavy (non-hydrogen) atoms. The zero-order chi connectivity index (χ0) is 25.5. The Morgan fingerprint density at radius 3 is 2.46 bits per heavy atom. The maximum absolute atomic E-state index is 13.7. The molecule has 1 aromatic heterocycles. The molecule has 2 heterocycles. The zero-order valence-electron chi connectivity index (χ0n) is 21.0. The highest BCUT2D eigenvalue weighted by atomic mass is 32.2. The Morgan fingerprint density at radius 1 is 1.00 bits per heavy atom. The van der Waals surface area contributed by atoms with Crippen molar-refractivity contribution in [2.45, 2.75) is 67.2 Å². The molecule has 7 rings (SSSR count). The number of aryl methyl sites for hydroxylation is 2. The van der Waals surface area contributed by atoms with Crippen LogP contribution in [0.2, 0.25) is 0 Å². The number of benzene rings is 3. The number of fused-ring (bicyclic) bond motifs is 4. The molecule has 3 aromatic carbocycles. The van der Waals surface area contributed by atoms with E-state index in [2.05, 4.69) is 68.4 Å². The molecule has 0 spiro atoms. The van der Waals surface area contributed by atoms with Crippen molar-refractivity contribution in [3.05, 3.63) is 110 Å². The van der Waals surface area contributed by atoms with Crippen LogP contribution in [0.1, 0.15) is 64.5 Å². The minimum atomic E-state index is -1.17. The summed E-state index contributed by atoms with van der Waals surface area (Å²) >= 11 is 1.65. The molecule has 2 fully saturated rings. The van der Waals surface area contributed by atoms with E-state index in [1.807, 2.05) is 6.07 Å². The number of thioether (sulfide) groups is 1. The Hall–Kier alpha value is -3.31. The quantitative estimate of drug-likeness (QED) is 0.334. The van der Waals surface area contributed by atoms with Crippen LogP contribution in [-0.4, -0.2) is 20.9 Å². The van der Waals surface area contributed by atoms with Gasteiger partial charge in [0.2, 0.25) is 0 Å². The first-order valence-corrected chi connectivity index (χ1v) is 14.0. The highest BCUT2D eigenvalue weighted by molar-refractivity contribution is 8.00. The normalized spacial score (nSPS) is 23.9. The monoisotopic (exact) mass is 507 g/mol. The number of hydrogen-bond donors (Lipinski definition) is 1. The van der Waals surface area contributed by atoms with E-state index in [-0.39, 0.29) is 16.7 Å². The summed E-state index contributed by atoms with van der Waals surface area (Å²) in [6, 6.07) is 23.0. The van der Waals surface area contributed by atoms with Gasteiger partial charge in [0.05, 0.1) is 10.3 Å². The van der Waals surface area contributed by atoms with Gasteiger partial charge in [0.1, 0.15) is 0 Å². The van der Waals surface area contributed by atoms with Crippen LogP contribution in [0.4, 0.5) is 0 Å². The molecule has 0 radical (unpaired) electrons. The van der Waals surface area contributed by atoms with Gasteiger partial charge >= 0.3 is 5.97 Å². The third-order valence-corrected chi connectivity index (χ3v) is 10.2. The molecule has 2 saturated carbocycles. The summed E-state index contributed by atoms with van der Waals surface area (Å²) in [5, 5.41) is 13.7. The first-order chi connectivity index (χ1) is 17.9. The summed E-state index contributed by atoms with van der Waals surface area (Å²) in [7, 11) is 0. The second kappa shape index (κ2) is 8.09. The third-order valence-electron chi connectivity index (χ3n) is 8.59. The van der Waals surface area contributed by atoms with Crippen molar-refractivity contribution in [2.75, 3.05) is 0 Å². The van der Waals surface area contributed by atoms with Crippen molar-refractivity contribution >= 4 is 28.5 Å². The molecular weight excluding hydrogens is 478 g/mol. The fraction of sp³-hybridized carbons (Fsp3) is 0.312. The predicted octanol–water partition coefficient (Wildman–Crippen LogP) is 6.53. The van der Waals surface area contributed by atoms with Crippen molar-refractivity contribution < 1.29 is 9.90 Å². The van der Waals surface area contributed by atoms with Crippen LogP contribution in [0.25, 0.3) is 10.8 Å². The topological polar surface area (TPSA) is 59.3 Å². The average Bonchev–Trinajstić information content (AvgIpc) is 3.64. The Balaban J connectivity index is 1.36. The van der Waals surface area contributed by atoms with Crippen molar-refractivity contribution in [3.8, 4) is 0 Å². The van der Waals surface area contributed by atoms with Crippen LogP contribution < -0.4 is 5.56 Å². The molecule has 0 saturated heterocycles. The Morgan fingerprint density at radius 2 is 1.73 bits per heavy atom. The van der Waals surface area contributed by atoms with Crippen LogP contribution in [-0.2, 0) is 16.8 Å². The number of carbonyl (C=O) groups is 1. The lowest BCUT2D eigenvalue weighted by molar-refractivity contribution is -0.153. The molecule has 4 nitrogen and oxygen atoms in total. The molecule has 1 aliphatic heterocycles. The number of nitrogens with zero attached hydrogens (tertiary/aromatic N) is 1. The van der Waals surface area contributed by atoms with Gasteiger partial charge in [-0.15, -0.1) is 11.8 Å². The molecule has 186 valence electrons. The summed E-state index contributed by atoms with van der Waals surface area (Å²) in [5.41, 5.74) is 5.72. The maximum atomic E-state index is 13.7. The highest BCUT2D eigenvalue weighted by Gasteiger charge is 2.66. The Bertz CT molecular complexity index is 1640. The van der Waals surface area contributed by atoms with Gasteiger partial charge in [0.25, 0.3) is 5.56 Å². The van der Waals surface area contributed by atoms with Gasteiger partial charge in [-0.2, -0.15) is 0 Å². The summed E-state index contributed by atoms with van der Waals surface area (Å²) in [4.78, 5) is 26.6. The number of aliphatic carboxylic acids is 1. The third kappa shape index (κ3) is 3.36. The molecule has 5 heteroatoms. The van der Waals surface area contributed by atoms with Crippen LogP contribution in [0.5, 0.6) is 0 Å². The van der Waals surface area contributed by atoms with E-state index in [9.17, 15) is 14.7 Å². The fourth-order valence-corrected chi connectivity index (χ4v) is 8.76. The van der Waals surface area contributed by atoms with E-state index < -0.39 is 11.5 Å². The minimum Gasteiger partial charge on any atom is -0.479 e. The van der Waals surface area contributed by atoms with Gasteiger partial charge in [0, 0.05) is 12.0 Å². The number of carboxylic acid groups (broad SMARTS) is 1. The van der Waals surface area contributed by atoms with E-state index in [1.54, 1.807) is 22.4 Å². The SMILES string of the molecule is Cc1cc(C)cc([C@@H]2CC3(C(=O)O)C2Sc2c(C4CC4)c(Cc4cccc5ccccc45)cc(=O)n23)c1. The molecule has 3 atom stereocenters. The van der Waals surface area contributed by atoms with Crippen molar-refractivity contribution in [1.29, 1.82) is 0 Å². The van der Waals surface area contributed by atoms with E-state index in [0.29, 0.717) is 18.8 Å². The molecule has 2 aliphatic carbocycles. The summed E-state index contributed by atoms with van der Waals surface area (Å²) in [5.74, 6) is -0.357. The molecule has 3 aliphatic rings. The van der Waals surface area contributed by atoms with Gasteiger partial charge in [-0.1, -0.05) is 71.8 Å². The maximum Gasteiger partial charge on any atom is 0.331 e. The van der Waals surface area contributed by atoms with E-state index in [0.717, 1.165) is 23.4 Å². The zero-order valence-corrected chi connectivity index (χ0v) is 21.8. The lowest BCUT2D eigenvalue weighted by Gasteiger charge is -2.48. The van der Waals surface area contributed by atoms with Crippen molar-refractivity contribution in [3.63, 3.8) is 0 Å². The summed E-state index contributed by atoms with van der Waals surface area (Å²) in [6.45, 7) is 4.18. The van der Waals surface area contributed by atoms with Crippen LogP contribution in [0.15, 0.2) is 76.6 Å². The van der Waals surface area contributed by atoms with Crippen LogP contribution >= 0.6 is 11.8 Å². The summed E-state index contributed by atoms with van der Waals surface area (Å²) in [6.07, 6.45) is 3.34. The fourth-order valence-electron chi connectivity index (χ4n) is 6.82. The van der Waals surface area contributed by atoms with Gasteiger partial charge in [-0.05, 0) is 78.5 Å². The van der Waals surface area contributed by atoms with Gasteiger partial charge in [-0.3, -0.25) is 9.36 Å². The number of aromatic nitrogens is 1. The van der Waals surface area contributed by atoms with Crippen LogP contribution in [0, 0.1) is 13.8 Å². The largest absolute Gasteiger partial charge is 0.479 e. The van der Waals surface area contributed by atoms with E-state index in [4.69, 9.17) is 0 Å². The van der Waals surface area contributed by atoms with Crippen molar-refractivity contribution in [2.24, 2.45) is 0 Å². The number of rotatable bonds is 5. The first kappa shape index (κ1) is 22.9. The lowest BCUT2D eigenvalue weighted by Crippen LogP contribution is -2.61. The summed E-state index contributed by atoms with van der Waals surface area (Å²) < 4.78 is 1.67. The first-order valence-electron chi connectivity index (χ1n) is 13.1. The number of hydrogen-bond acceptors (Lipinski definition) is 3. The molecular formula is C32H29NO3S. The second-order valence-electron chi connectivity index (χ2n) is 11.2. The average molecular weight is 508 g/mol. The van der Waals surface area contributed by atoms with Gasteiger partial charge in [-0.25, -0.2) is 4.79 Å². The standard InChI is InChI=1S/C32H29NO3S/c1-18-12-19(2)14-23(13-18)26-17-32(31(35)36)29(26)37-30-28(21-10-11-21)24(16-27(34)33(30)32)15-22-8-5-7-20-6-3-4-9-25(20)22/h3-9,12-14,16,21,26,29H,10-11,15,17H2,1-2H3,(H,35,36)/t26-,29?,32?/m0/s1. The van der Waals surface area contributed by atoms with Crippen molar-refractivity contribution in [1.82, 2.24) is 4.57 Å². The van der Waals surface area contributed by atoms with Gasteiger partial charge in [0.15, 0.2) is 5.54 Å². The van der Waals surface area contributed by atoms with Gasteiger partial charge < -0.3 is 5.11 Å². The minimum absolute atomic E-state index is 0.118. The molecule has 2 unspecified atom stereocenters. The number of carboxylic acids is 1. The molecule has 0 amide bonds. The smallest absolute Gasteiger partial charge is 0.331 e. The predicted molar refractivity (Wildman–Crippen MR) is 148 cm³/mol. The molecule has 1 N–H and O–H groups in total. The van der Waals surface area contributed by atoms with Crippen LogP contribution in [0.3, 0.4) is 0 Å². The second-order valence-corrected chi connectivity index (χ2v) is 12.3. The lowest BCUT2D eigenvalue weighted by atomic mass is 9.64.